The van der Waals surface area contributed by atoms with Gasteiger partial charge >= 0.3 is 0 Å². The average Bonchev–Trinajstić information content (AvgIpc) is 2.82. The van der Waals surface area contributed by atoms with Gasteiger partial charge in [-0.05, 0) is 62.9 Å². The standard InChI is InChI=1S/C27H35ClN2O3/c1-20-10-12-22(13-11-20)19-30(21(2)27(32)29-24-7-4-3-5-8-24)26(31)9-6-18-33-25-16-14-23(28)15-17-25/h10-17,21,24H,3-9,18-19H2,1-2H3,(H,29,32). The third-order valence-corrected chi connectivity index (χ3v) is 6.46. The van der Waals surface area contributed by atoms with E-state index in [-0.39, 0.29) is 17.9 Å². The van der Waals surface area contributed by atoms with Crippen molar-refractivity contribution >= 4 is 23.4 Å². The molecule has 0 aliphatic heterocycles. The highest BCUT2D eigenvalue weighted by molar-refractivity contribution is 6.30. The van der Waals surface area contributed by atoms with E-state index in [2.05, 4.69) is 5.32 Å². The molecular weight excluding hydrogens is 436 g/mol. The Balaban J connectivity index is 1.59. The van der Waals surface area contributed by atoms with Gasteiger partial charge in [-0.25, -0.2) is 0 Å². The first-order chi connectivity index (χ1) is 15.9. The summed E-state index contributed by atoms with van der Waals surface area (Å²) in [6.07, 6.45) is 6.47. The molecule has 5 nitrogen and oxygen atoms in total. The summed E-state index contributed by atoms with van der Waals surface area (Å²) >= 11 is 5.90. The van der Waals surface area contributed by atoms with Crippen LogP contribution >= 0.6 is 11.6 Å². The first-order valence-electron chi connectivity index (χ1n) is 12.0. The molecule has 0 heterocycles. The molecule has 2 amide bonds. The van der Waals surface area contributed by atoms with Crippen LogP contribution in [0.25, 0.3) is 0 Å². The Hall–Kier alpha value is -2.53. The first-order valence-corrected chi connectivity index (χ1v) is 12.3. The van der Waals surface area contributed by atoms with Gasteiger partial charge in [0.05, 0.1) is 6.61 Å². The number of carbonyl (C=O) groups is 2. The molecular formula is C27H35ClN2O3. The predicted molar refractivity (Wildman–Crippen MR) is 132 cm³/mol. The Morgan fingerprint density at radius 2 is 1.73 bits per heavy atom. The molecule has 178 valence electrons. The molecule has 6 heteroatoms. The predicted octanol–water partition coefficient (Wildman–Crippen LogP) is 5.67. The second-order valence-electron chi connectivity index (χ2n) is 8.93. The topological polar surface area (TPSA) is 58.6 Å². The van der Waals surface area contributed by atoms with Crippen LogP contribution in [0.1, 0.15) is 63.0 Å². The molecule has 0 aromatic heterocycles. The second kappa shape index (κ2) is 12.6. The fourth-order valence-corrected chi connectivity index (χ4v) is 4.26. The normalized spacial score (nSPS) is 15.0. The summed E-state index contributed by atoms with van der Waals surface area (Å²) in [5.41, 5.74) is 2.18. The molecule has 0 bridgehead atoms. The maximum Gasteiger partial charge on any atom is 0.242 e. The van der Waals surface area contributed by atoms with Gasteiger partial charge in [-0.15, -0.1) is 0 Å². The second-order valence-corrected chi connectivity index (χ2v) is 9.37. The van der Waals surface area contributed by atoms with Gasteiger partial charge in [0.15, 0.2) is 0 Å². The number of aryl methyl sites for hydroxylation is 1. The van der Waals surface area contributed by atoms with Crippen LogP contribution in [0.2, 0.25) is 5.02 Å². The summed E-state index contributed by atoms with van der Waals surface area (Å²) in [7, 11) is 0. The maximum atomic E-state index is 13.2. The molecule has 3 rings (SSSR count). The van der Waals surface area contributed by atoms with Crippen molar-refractivity contribution in [2.24, 2.45) is 0 Å². The molecule has 2 aromatic carbocycles. The Labute approximate surface area is 202 Å². The monoisotopic (exact) mass is 470 g/mol. The van der Waals surface area contributed by atoms with E-state index in [4.69, 9.17) is 16.3 Å². The van der Waals surface area contributed by atoms with E-state index in [0.717, 1.165) is 37.0 Å². The van der Waals surface area contributed by atoms with Crippen molar-refractivity contribution in [3.8, 4) is 5.75 Å². The minimum Gasteiger partial charge on any atom is -0.494 e. The van der Waals surface area contributed by atoms with Gasteiger partial charge in [-0.3, -0.25) is 9.59 Å². The van der Waals surface area contributed by atoms with E-state index >= 15 is 0 Å². The number of rotatable bonds is 10. The van der Waals surface area contributed by atoms with Crippen LogP contribution < -0.4 is 10.1 Å². The fraction of sp³-hybridized carbons (Fsp3) is 0.481. The zero-order chi connectivity index (χ0) is 23.6. The molecule has 0 radical (unpaired) electrons. The molecule has 0 saturated heterocycles. The Kier molecular flexibility index (Phi) is 9.61. The molecule has 0 spiro atoms. The van der Waals surface area contributed by atoms with E-state index in [1.165, 1.54) is 12.0 Å². The van der Waals surface area contributed by atoms with Crippen molar-refractivity contribution in [2.75, 3.05) is 6.61 Å². The molecule has 33 heavy (non-hydrogen) atoms. The summed E-state index contributed by atoms with van der Waals surface area (Å²) in [4.78, 5) is 27.9. The van der Waals surface area contributed by atoms with Gasteiger partial charge in [-0.1, -0.05) is 60.7 Å². The number of hydrogen-bond donors (Lipinski definition) is 1. The van der Waals surface area contributed by atoms with Crippen LogP contribution in [0.3, 0.4) is 0 Å². The highest BCUT2D eigenvalue weighted by Crippen LogP contribution is 2.19. The average molecular weight is 471 g/mol. The lowest BCUT2D eigenvalue weighted by molar-refractivity contribution is -0.141. The van der Waals surface area contributed by atoms with Crippen LogP contribution in [-0.2, 0) is 16.1 Å². The van der Waals surface area contributed by atoms with Crippen molar-refractivity contribution in [1.29, 1.82) is 0 Å². The van der Waals surface area contributed by atoms with Crippen LogP contribution in [0.5, 0.6) is 5.75 Å². The third kappa shape index (κ3) is 8.08. The number of amides is 2. The van der Waals surface area contributed by atoms with Crippen molar-refractivity contribution in [3.63, 3.8) is 0 Å². The number of nitrogens with one attached hydrogen (secondary N) is 1. The SMILES string of the molecule is Cc1ccc(CN(C(=O)CCCOc2ccc(Cl)cc2)C(C)C(=O)NC2CCCCC2)cc1. The zero-order valence-corrected chi connectivity index (χ0v) is 20.4. The Morgan fingerprint density at radius 3 is 2.39 bits per heavy atom. The summed E-state index contributed by atoms with van der Waals surface area (Å²) < 4.78 is 5.72. The minimum absolute atomic E-state index is 0.0402. The van der Waals surface area contributed by atoms with E-state index in [0.29, 0.717) is 31.0 Å². The molecule has 1 atom stereocenters. The fourth-order valence-electron chi connectivity index (χ4n) is 4.13. The summed E-state index contributed by atoms with van der Waals surface area (Å²) in [6, 6.07) is 15.0. The van der Waals surface area contributed by atoms with Gasteiger partial charge in [0.1, 0.15) is 11.8 Å². The van der Waals surface area contributed by atoms with Crippen molar-refractivity contribution < 1.29 is 14.3 Å². The number of ether oxygens (including phenoxy) is 1. The van der Waals surface area contributed by atoms with E-state index in [1.807, 2.05) is 50.2 Å². The van der Waals surface area contributed by atoms with E-state index < -0.39 is 6.04 Å². The van der Waals surface area contributed by atoms with Gasteiger partial charge < -0.3 is 15.0 Å². The van der Waals surface area contributed by atoms with Crippen molar-refractivity contribution in [2.45, 2.75) is 77.4 Å². The van der Waals surface area contributed by atoms with E-state index in [1.54, 1.807) is 17.0 Å². The highest BCUT2D eigenvalue weighted by Gasteiger charge is 2.27. The van der Waals surface area contributed by atoms with Crippen molar-refractivity contribution in [3.05, 3.63) is 64.7 Å². The largest absolute Gasteiger partial charge is 0.494 e. The number of benzene rings is 2. The van der Waals surface area contributed by atoms with Crippen LogP contribution in [0.15, 0.2) is 48.5 Å². The molecule has 1 N–H and O–H groups in total. The van der Waals surface area contributed by atoms with Gasteiger partial charge in [-0.2, -0.15) is 0 Å². The summed E-state index contributed by atoms with van der Waals surface area (Å²) in [5.74, 6) is 0.616. The van der Waals surface area contributed by atoms with Gasteiger partial charge in [0, 0.05) is 24.0 Å². The Bertz CT molecular complexity index is 893. The van der Waals surface area contributed by atoms with Gasteiger partial charge in [0.25, 0.3) is 0 Å². The first kappa shape index (κ1) is 25.1. The van der Waals surface area contributed by atoms with Crippen LogP contribution in [0.4, 0.5) is 0 Å². The lowest BCUT2D eigenvalue weighted by atomic mass is 9.95. The van der Waals surface area contributed by atoms with Gasteiger partial charge in [0.2, 0.25) is 11.8 Å². The number of carbonyl (C=O) groups excluding carboxylic acids is 2. The highest BCUT2D eigenvalue weighted by atomic mass is 35.5. The summed E-state index contributed by atoms with van der Waals surface area (Å²) in [6.45, 7) is 4.70. The smallest absolute Gasteiger partial charge is 0.242 e. The molecule has 1 aliphatic carbocycles. The molecule has 1 unspecified atom stereocenters. The molecule has 1 saturated carbocycles. The van der Waals surface area contributed by atoms with Crippen LogP contribution in [0, 0.1) is 6.92 Å². The quantitative estimate of drug-likeness (QED) is 0.455. The zero-order valence-electron chi connectivity index (χ0n) is 19.7. The molecule has 1 fully saturated rings. The number of nitrogens with zero attached hydrogens (tertiary/aromatic N) is 1. The lowest BCUT2D eigenvalue weighted by Crippen LogP contribution is -2.50. The number of hydrogen-bond acceptors (Lipinski definition) is 3. The molecule has 2 aromatic rings. The minimum atomic E-state index is -0.530. The van der Waals surface area contributed by atoms with Crippen LogP contribution in [-0.4, -0.2) is 35.4 Å². The van der Waals surface area contributed by atoms with E-state index in [9.17, 15) is 9.59 Å². The maximum absolute atomic E-state index is 13.2. The summed E-state index contributed by atoms with van der Waals surface area (Å²) in [5, 5.41) is 3.83. The molecule has 1 aliphatic rings. The third-order valence-electron chi connectivity index (χ3n) is 6.21. The lowest BCUT2D eigenvalue weighted by Gasteiger charge is -2.31. The Morgan fingerprint density at radius 1 is 1.06 bits per heavy atom. The van der Waals surface area contributed by atoms with Crippen molar-refractivity contribution in [1.82, 2.24) is 10.2 Å². The number of halogens is 1.